The molecule has 6 heteroatoms. The van der Waals surface area contributed by atoms with Gasteiger partial charge >= 0.3 is 5.97 Å². The SMILES string of the molecule is CC(=O)Oc1cccc(C(=O)NCc2ccc(NC(=O)/C=C(\C)C(C)C)cc2)c1. The number of amides is 2. The summed E-state index contributed by atoms with van der Waals surface area (Å²) in [5.74, 6) is -0.228. The molecule has 0 atom stereocenters. The number of rotatable bonds is 7. The molecule has 0 saturated heterocycles. The first-order valence-corrected chi connectivity index (χ1v) is 9.39. The van der Waals surface area contributed by atoms with Gasteiger partial charge in [0.05, 0.1) is 0 Å². The summed E-state index contributed by atoms with van der Waals surface area (Å²) in [5.41, 5.74) is 2.99. The summed E-state index contributed by atoms with van der Waals surface area (Å²) in [6.45, 7) is 7.64. The Kier molecular flexibility index (Phi) is 7.71. The van der Waals surface area contributed by atoms with Crippen LogP contribution in [0.25, 0.3) is 0 Å². The maximum atomic E-state index is 12.3. The lowest BCUT2D eigenvalue weighted by Crippen LogP contribution is -2.22. The van der Waals surface area contributed by atoms with Crippen LogP contribution in [-0.4, -0.2) is 17.8 Å². The number of carbonyl (C=O) groups excluding carboxylic acids is 3. The van der Waals surface area contributed by atoms with Crippen LogP contribution in [0.3, 0.4) is 0 Å². The van der Waals surface area contributed by atoms with Gasteiger partial charge in [0, 0.05) is 30.8 Å². The number of benzene rings is 2. The quantitative estimate of drug-likeness (QED) is 0.421. The molecule has 6 nitrogen and oxygen atoms in total. The number of ether oxygens (including phenoxy) is 1. The molecule has 2 amide bonds. The Balaban J connectivity index is 1.92. The minimum Gasteiger partial charge on any atom is -0.427 e. The molecule has 0 radical (unpaired) electrons. The predicted molar refractivity (Wildman–Crippen MR) is 113 cm³/mol. The van der Waals surface area contributed by atoms with E-state index in [-0.39, 0.29) is 11.8 Å². The van der Waals surface area contributed by atoms with E-state index >= 15 is 0 Å². The van der Waals surface area contributed by atoms with Gasteiger partial charge in [0.25, 0.3) is 5.91 Å². The molecule has 0 heterocycles. The van der Waals surface area contributed by atoms with Crippen molar-refractivity contribution in [1.29, 1.82) is 0 Å². The first-order valence-electron chi connectivity index (χ1n) is 9.39. The highest BCUT2D eigenvalue weighted by atomic mass is 16.5. The minimum absolute atomic E-state index is 0.162. The van der Waals surface area contributed by atoms with Gasteiger partial charge in [-0.1, -0.05) is 37.6 Å². The van der Waals surface area contributed by atoms with Crippen molar-refractivity contribution in [3.8, 4) is 5.75 Å². The van der Waals surface area contributed by atoms with Crippen LogP contribution in [0, 0.1) is 5.92 Å². The highest BCUT2D eigenvalue weighted by Gasteiger charge is 2.08. The third-order valence-electron chi connectivity index (χ3n) is 4.30. The first-order chi connectivity index (χ1) is 13.7. The normalized spacial score (nSPS) is 11.1. The van der Waals surface area contributed by atoms with E-state index in [1.807, 2.05) is 32.9 Å². The molecule has 0 fully saturated rings. The van der Waals surface area contributed by atoms with E-state index in [9.17, 15) is 14.4 Å². The summed E-state index contributed by atoms with van der Waals surface area (Å²) in [6, 6.07) is 13.7. The summed E-state index contributed by atoms with van der Waals surface area (Å²) in [6.07, 6.45) is 1.60. The average Bonchev–Trinajstić information content (AvgIpc) is 2.66. The summed E-state index contributed by atoms with van der Waals surface area (Å²) >= 11 is 0. The largest absolute Gasteiger partial charge is 0.427 e. The molecule has 0 aliphatic rings. The van der Waals surface area contributed by atoms with E-state index in [1.165, 1.54) is 13.0 Å². The molecule has 0 unspecified atom stereocenters. The molecule has 0 aromatic heterocycles. The van der Waals surface area contributed by atoms with Crippen molar-refractivity contribution in [3.63, 3.8) is 0 Å². The number of esters is 1. The Morgan fingerprint density at radius 1 is 1.03 bits per heavy atom. The van der Waals surface area contributed by atoms with Gasteiger partial charge in [0.1, 0.15) is 5.75 Å². The van der Waals surface area contributed by atoms with Crippen molar-refractivity contribution in [2.24, 2.45) is 5.92 Å². The molecule has 2 aromatic carbocycles. The van der Waals surface area contributed by atoms with Gasteiger partial charge in [0.15, 0.2) is 0 Å². The second-order valence-electron chi connectivity index (χ2n) is 7.03. The smallest absolute Gasteiger partial charge is 0.308 e. The zero-order chi connectivity index (χ0) is 21.4. The van der Waals surface area contributed by atoms with Crippen LogP contribution in [0.15, 0.2) is 60.2 Å². The molecule has 0 aliphatic carbocycles. The monoisotopic (exact) mass is 394 g/mol. The third kappa shape index (κ3) is 7.25. The summed E-state index contributed by atoms with van der Waals surface area (Å²) in [4.78, 5) is 35.3. The van der Waals surface area contributed by atoms with Crippen LogP contribution >= 0.6 is 0 Å². The topological polar surface area (TPSA) is 84.5 Å². The lowest BCUT2D eigenvalue weighted by atomic mass is 10.1. The molecule has 152 valence electrons. The minimum atomic E-state index is -0.440. The fourth-order valence-corrected chi connectivity index (χ4v) is 2.41. The maximum absolute atomic E-state index is 12.3. The van der Waals surface area contributed by atoms with Gasteiger partial charge < -0.3 is 15.4 Å². The predicted octanol–water partition coefficient (Wildman–Crippen LogP) is 4.08. The van der Waals surface area contributed by atoms with E-state index in [4.69, 9.17) is 4.74 Å². The fourth-order valence-electron chi connectivity index (χ4n) is 2.41. The van der Waals surface area contributed by atoms with E-state index in [0.717, 1.165) is 11.1 Å². The number of hydrogen-bond donors (Lipinski definition) is 2. The number of anilines is 1. The van der Waals surface area contributed by atoms with Gasteiger partial charge in [-0.3, -0.25) is 14.4 Å². The Labute approximate surface area is 171 Å². The second kappa shape index (κ2) is 10.2. The average molecular weight is 394 g/mol. The van der Waals surface area contributed by atoms with E-state index in [0.29, 0.717) is 29.5 Å². The van der Waals surface area contributed by atoms with Crippen LogP contribution < -0.4 is 15.4 Å². The van der Waals surface area contributed by atoms with Crippen molar-refractivity contribution in [2.45, 2.75) is 34.2 Å². The van der Waals surface area contributed by atoms with Crippen molar-refractivity contribution >= 4 is 23.5 Å². The lowest BCUT2D eigenvalue weighted by Gasteiger charge is -2.09. The Bertz CT molecular complexity index is 915. The van der Waals surface area contributed by atoms with Gasteiger partial charge in [-0.05, 0) is 48.7 Å². The molecule has 0 aliphatic heterocycles. The highest BCUT2D eigenvalue weighted by Crippen LogP contribution is 2.15. The van der Waals surface area contributed by atoms with Crippen LogP contribution in [0.4, 0.5) is 5.69 Å². The Morgan fingerprint density at radius 3 is 2.34 bits per heavy atom. The molecule has 0 bridgehead atoms. The molecule has 2 N–H and O–H groups in total. The number of carbonyl (C=O) groups is 3. The Morgan fingerprint density at radius 2 is 1.72 bits per heavy atom. The van der Waals surface area contributed by atoms with Gasteiger partial charge in [-0.15, -0.1) is 0 Å². The first kappa shape index (κ1) is 21.9. The van der Waals surface area contributed by atoms with Crippen molar-refractivity contribution in [1.82, 2.24) is 5.32 Å². The molecule has 2 rings (SSSR count). The van der Waals surface area contributed by atoms with Crippen LogP contribution in [-0.2, 0) is 16.1 Å². The zero-order valence-electron chi connectivity index (χ0n) is 17.1. The molecular formula is C23H26N2O4. The standard InChI is InChI=1S/C23H26N2O4/c1-15(2)16(3)12-22(27)25-20-10-8-18(9-11-20)14-24-23(28)19-6-5-7-21(13-19)29-17(4)26/h5-13,15H,14H2,1-4H3,(H,24,28)(H,25,27)/b16-12+. The second-order valence-corrected chi connectivity index (χ2v) is 7.03. The van der Waals surface area contributed by atoms with E-state index in [2.05, 4.69) is 10.6 Å². The van der Waals surface area contributed by atoms with Gasteiger partial charge in [-0.25, -0.2) is 0 Å². The summed E-state index contributed by atoms with van der Waals surface area (Å²) in [5, 5.41) is 5.64. The van der Waals surface area contributed by atoms with Crippen LogP contribution in [0.2, 0.25) is 0 Å². The van der Waals surface area contributed by atoms with E-state index < -0.39 is 5.97 Å². The van der Waals surface area contributed by atoms with Crippen molar-refractivity contribution < 1.29 is 19.1 Å². The molecule has 0 saturated carbocycles. The molecular weight excluding hydrogens is 368 g/mol. The lowest BCUT2D eigenvalue weighted by molar-refractivity contribution is -0.131. The Hall–Kier alpha value is -3.41. The fraction of sp³-hybridized carbons (Fsp3) is 0.261. The highest BCUT2D eigenvalue weighted by molar-refractivity contribution is 5.99. The van der Waals surface area contributed by atoms with Crippen LogP contribution in [0.1, 0.15) is 43.6 Å². The van der Waals surface area contributed by atoms with Crippen LogP contribution in [0.5, 0.6) is 5.75 Å². The van der Waals surface area contributed by atoms with Gasteiger partial charge in [-0.2, -0.15) is 0 Å². The van der Waals surface area contributed by atoms with Crippen molar-refractivity contribution in [2.75, 3.05) is 5.32 Å². The zero-order valence-corrected chi connectivity index (χ0v) is 17.1. The summed E-state index contributed by atoms with van der Waals surface area (Å²) in [7, 11) is 0. The third-order valence-corrected chi connectivity index (χ3v) is 4.30. The maximum Gasteiger partial charge on any atom is 0.308 e. The molecule has 2 aromatic rings. The summed E-state index contributed by atoms with van der Waals surface area (Å²) < 4.78 is 4.99. The molecule has 29 heavy (non-hydrogen) atoms. The van der Waals surface area contributed by atoms with Crippen molar-refractivity contribution in [3.05, 3.63) is 71.3 Å². The van der Waals surface area contributed by atoms with E-state index in [1.54, 1.807) is 36.4 Å². The number of allylic oxidation sites excluding steroid dienone is 1. The molecule has 0 spiro atoms. The number of hydrogen-bond acceptors (Lipinski definition) is 4. The van der Waals surface area contributed by atoms with Gasteiger partial charge in [0.2, 0.25) is 5.91 Å². The number of nitrogens with one attached hydrogen (secondary N) is 2.